The number of carbonyl (C=O) groups is 6. The fourth-order valence-corrected chi connectivity index (χ4v) is 3.99. The SMILES string of the molecule is CCOC(=O)N1[C@@H]([C@@H](OC(C)=O)[C@H](OC(C)=O)[C@@H](COC(C)=O)OC(C)=O)C=NN(c2ccc(OC)cc2)N1C(=O)OCC. The summed E-state index contributed by atoms with van der Waals surface area (Å²) >= 11 is 0. The van der Waals surface area contributed by atoms with Crippen molar-refractivity contribution in [3.8, 4) is 5.75 Å². The first kappa shape index (κ1) is 35.1. The second-order valence-electron chi connectivity index (χ2n) is 8.87. The normalized spacial score (nSPS) is 16.2. The van der Waals surface area contributed by atoms with Crippen molar-refractivity contribution < 1.29 is 61.9 Å². The van der Waals surface area contributed by atoms with Crippen LogP contribution in [0.1, 0.15) is 41.5 Å². The Hall–Kier alpha value is -5.09. The van der Waals surface area contributed by atoms with E-state index in [0.717, 1.165) is 44.0 Å². The number of esters is 4. The van der Waals surface area contributed by atoms with E-state index < -0.39 is 67.0 Å². The fourth-order valence-electron chi connectivity index (χ4n) is 3.99. The summed E-state index contributed by atoms with van der Waals surface area (Å²) < 4.78 is 36.9. The number of nitrogens with zero attached hydrogens (tertiary/aromatic N) is 4. The summed E-state index contributed by atoms with van der Waals surface area (Å²) in [6.45, 7) is 6.37. The molecular formula is C27H36N4O13. The second kappa shape index (κ2) is 16.5. The van der Waals surface area contributed by atoms with E-state index >= 15 is 0 Å². The van der Waals surface area contributed by atoms with Crippen LogP contribution in [0.15, 0.2) is 29.4 Å². The summed E-state index contributed by atoms with van der Waals surface area (Å²) in [6, 6.07) is 4.66. The third-order valence-electron chi connectivity index (χ3n) is 5.58. The van der Waals surface area contributed by atoms with Gasteiger partial charge in [0.15, 0.2) is 18.3 Å². The van der Waals surface area contributed by atoms with Crippen LogP contribution in [-0.4, -0.2) is 104 Å². The number of rotatable bonds is 12. The van der Waals surface area contributed by atoms with Gasteiger partial charge in [-0.25, -0.2) is 9.59 Å². The van der Waals surface area contributed by atoms with Crippen molar-refractivity contribution >= 4 is 48.0 Å². The maximum Gasteiger partial charge on any atom is 0.450 e. The Balaban J connectivity index is 2.82. The Bertz CT molecular complexity index is 1220. The molecule has 1 aliphatic rings. The molecule has 0 saturated heterocycles. The standard InChI is InChI=1S/C27H36N4O13/c1-8-39-26(36)29-22(14-28-30(31(29)27(37)40-9-2)20-10-12-21(38-7)13-11-20)24(43-18(5)34)25(44-19(6)35)23(42-17(4)33)15-41-16(3)32/h10-14,22-25H,8-9,15H2,1-7H3/t22-,23-,24-,25-/m1/s1. The molecule has 0 unspecified atom stereocenters. The molecule has 2 rings (SSSR count). The minimum Gasteiger partial charge on any atom is -0.497 e. The number of anilines is 1. The molecule has 0 saturated carbocycles. The minimum absolute atomic E-state index is 0.114. The van der Waals surface area contributed by atoms with Gasteiger partial charge in [0.2, 0.25) is 0 Å². The second-order valence-corrected chi connectivity index (χ2v) is 8.87. The van der Waals surface area contributed by atoms with Crippen molar-refractivity contribution in [2.45, 2.75) is 65.9 Å². The first-order valence-electron chi connectivity index (χ1n) is 13.4. The van der Waals surface area contributed by atoms with E-state index in [0.29, 0.717) is 10.9 Å². The smallest absolute Gasteiger partial charge is 0.450 e. The molecular weight excluding hydrogens is 588 g/mol. The van der Waals surface area contributed by atoms with Crippen molar-refractivity contribution in [3.63, 3.8) is 0 Å². The zero-order valence-electron chi connectivity index (χ0n) is 25.4. The fraction of sp³-hybridized carbons (Fsp3) is 0.519. The maximum absolute atomic E-state index is 13.5. The molecule has 17 nitrogen and oxygen atoms in total. The molecule has 0 aromatic heterocycles. The predicted octanol–water partition coefficient (Wildman–Crippen LogP) is 1.97. The highest BCUT2D eigenvalue weighted by molar-refractivity contribution is 5.83. The molecule has 1 heterocycles. The molecule has 1 aliphatic heterocycles. The number of hydrazine groups is 2. The number of hydrazone groups is 1. The van der Waals surface area contributed by atoms with Crippen LogP contribution in [0.5, 0.6) is 5.75 Å². The van der Waals surface area contributed by atoms with E-state index in [1.165, 1.54) is 33.1 Å². The van der Waals surface area contributed by atoms with Gasteiger partial charge in [-0.05, 0) is 38.1 Å². The molecule has 44 heavy (non-hydrogen) atoms. The molecule has 4 atom stereocenters. The molecule has 0 radical (unpaired) electrons. The van der Waals surface area contributed by atoms with E-state index in [1.54, 1.807) is 12.1 Å². The zero-order valence-corrected chi connectivity index (χ0v) is 25.4. The number of benzene rings is 1. The summed E-state index contributed by atoms with van der Waals surface area (Å²) in [4.78, 5) is 75.3. The summed E-state index contributed by atoms with van der Waals surface area (Å²) in [7, 11) is 1.46. The summed E-state index contributed by atoms with van der Waals surface area (Å²) in [5.41, 5.74) is 0.260. The Morgan fingerprint density at radius 2 is 1.34 bits per heavy atom. The van der Waals surface area contributed by atoms with E-state index in [2.05, 4.69) is 5.10 Å². The Labute approximate surface area is 253 Å². The number of amides is 2. The topological polar surface area (TPSA) is 189 Å². The van der Waals surface area contributed by atoms with Crippen LogP contribution in [0, 0.1) is 0 Å². The highest BCUT2D eigenvalue weighted by Gasteiger charge is 2.51. The quantitative estimate of drug-likeness (QED) is 0.242. The van der Waals surface area contributed by atoms with Gasteiger partial charge in [-0.15, -0.1) is 5.12 Å². The average Bonchev–Trinajstić information content (AvgIpc) is 2.96. The first-order valence-corrected chi connectivity index (χ1v) is 13.4. The average molecular weight is 625 g/mol. The van der Waals surface area contributed by atoms with Gasteiger partial charge >= 0.3 is 36.1 Å². The highest BCUT2D eigenvalue weighted by Crippen LogP contribution is 2.30. The van der Waals surface area contributed by atoms with E-state index in [9.17, 15) is 28.8 Å². The van der Waals surface area contributed by atoms with E-state index in [-0.39, 0.29) is 18.9 Å². The molecule has 242 valence electrons. The van der Waals surface area contributed by atoms with Gasteiger partial charge < -0.3 is 33.2 Å². The van der Waals surface area contributed by atoms with Crippen molar-refractivity contribution in [1.29, 1.82) is 0 Å². The highest BCUT2D eigenvalue weighted by atomic mass is 16.6. The minimum atomic E-state index is -1.72. The maximum atomic E-state index is 13.5. The number of methoxy groups -OCH3 is 1. The van der Waals surface area contributed by atoms with Crippen molar-refractivity contribution in [2.24, 2.45) is 5.10 Å². The molecule has 17 heteroatoms. The van der Waals surface area contributed by atoms with Gasteiger partial charge in [-0.3, -0.25) is 19.2 Å². The molecule has 0 fully saturated rings. The number of hydrogen-bond donors (Lipinski definition) is 0. The lowest BCUT2D eigenvalue weighted by atomic mass is 10.00. The zero-order chi connectivity index (χ0) is 33.0. The third-order valence-corrected chi connectivity index (χ3v) is 5.58. The van der Waals surface area contributed by atoms with Crippen molar-refractivity contribution in [2.75, 3.05) is 32.0 Å². The molecule has 2 amide bonds. The van der Waals surface area contributed by atoms with Crippen LogP contribution in [0.4, 0.5) is 15.3 Å². The predicted molar refractivity (Wildman–Crippen MR) is 149 cm³/mol. The van der Waals surface area contributed by atoms with E-state index in [1.807, 2.05) is 0 Å². The lowest BCUT2D eigenvalue weighted by Gasteiger charge is -2.46. The van der Waals surface area contributed by atoms with Crippen LogP contribution in [0.25, 0.3) is 0 Å². The van der Waals surface area contributed by atoms with Gasteiger partial charge in [0.25, 0.3) is 0 Å². The van der Waals surface area contributed by atoms with Gasteiger partial charge in [0, 0.05) is 27.7 Å². The van der Waals surface area contributed by atoms with Gasteiger partial charge in [0.05, 0.1) is 32.2 Å². The molecule has 1 aromatic rings. The monoisotopic (exact) mass is 624 g/mol. The van der Waals surface area contributed by atoms with Gasteiger partial charge in [-0.1, -0.05) is 5.12 Å². The number of hydrogen-bond acceptors (Lipinski definition) is 15. The molecule has 0 spiro atoms. The molecule has 0 N–H and O–H groups in total. The lowest BCUT2D eigenvalue weighted by Crippen LogP contribution is -2.69. The summed E-state index contributed by atoms with van der Waals surface area (Å²) in [5.74, 6) is -2.97. The van der Waals surface area contributed by atoms with E-state index in [4.69, 9.17) is 33.2 Å². The van der Waals surface area contributed by atoms with Crippen LogP contribution >= 0.6 is 0 Å². The Morgan fingerprint density at radius 3 is 1.84 bits per heavy atom. The third kappa shape index (κ3) is 9.47. The number of carbonyl (C=O) groups excluding carboxylic acids is 6. The molecule has 0 bridgehead atoms. The first-order chi connectivity index (χ1) is 20.8. The summed E-state index contributed by atoms with van der Waals surface area (Å²) in [6.07, 6.45) is -6.07. The number of ether oxygens (including phenoxy) is 7. The Kier molecular flexibility index (Phi) is 13.2. The van der Waals surface area contributed by atoms with Crippen LogP contribution in [0.2, 0.25) is 0 Å². The van der Waals surface area contributed by atoms with Crippen molar-refractivity contribution in [1.82, 2.24) is 10.1 Å². The van der Waals surface area contributed by atoms with Crippen molar-refractivity contribution in [3.05, 3.63) is 24.3 Å². The largest absolute Gasteiger partial charge is 0.497 e. The Morgan fingerprint density at radius 1 is 0.773 bits per heavy atom. The molecule has 1 aromatic carbocycles. The van der Waals surface area contributed by atoms with Crippen LogP contribution in [-0.2, 0) is 47.6 Å². The lowest BCUT2D eigenvalue weighted by molar-refractivity contribution is -0.195. The van der Waals surface area contributed by atoms with Gasteiger partial charge in [-0.2, -0.15) is 10.1 Å². The van der Waals surface area contributed by atoms with Gasteiger partial charge in [0.1, 0.15) is 18.4 Å². The molecule has 0 aliphatic carbocycles. The summed E-state index contributed by atoms with van der Waals surface area (Å²) in [5, 5.41) is 6.76. The van der Waals surface area contributed by atoms with Crippen LogP contribution < -0.4 is 9.85 Å². The van der Waals surface area contributed by atoms with Crippen LogP contribution in [0.3, 0.4) is 0 Å².